The number of pyridine rings is 1. The predicted octanol–water partition coefficient (Wildman–Crippen LogP) is 3.26. The molecule has 4 rings (SSSR count). The van der Waals surface area contributed by atoms with E-state index in [4.69, 9.17) is 0 Å². The Bertz CT molecular complexity index is 653. The summed E-state index contributed by atoms with van der Waals surface area (Å²) in [5.74, 6) is 1.65. The monoisotopic (exact) mass is 284 g/mol. The van der Waals surface area contributed by atoms with E-state index in [2.05, 4.69) is 20.6 Å². The number of aromatic amines is 1. The molecule has 2 unspecified atom stereocenters. The Morgan fingerprint density at radius 2 is 2.05 bits per heavy atom. The number of fused-ring (bicyclic) bond motifs is 3. The second kappa shape index (κ2) is 5.06. The summed E-state index contributed by atoms with van der Waals surface area (Å²) in [4.78, 5) is 19.5. The minimum Gasteiger partial charge on any atom is -0.344 e. The van der Waals surface area contributed by atoms with E-state index in [1.807, 2.05) is 12.1 Å². The van der Waals surface area contributed by atoms with Crippen molar-refractivity contribution in [3.8, 4) is 0 Å². The maximum absolute atomic E-state index is 12.2. The Kier molecular flexibility index (Phi) is 3.05. The molecular weight excluding hydrogens is 264 g/mol. The zero-order valence-corrected chi connectivity index (χ0v) is 11.9. The molecule has 2 bridgehead atoms. The summed E-state index contributed by atoms with van der Waals surface area (Å²) in [5, 5.41) is 7.02. The van der Waals surface area contributed by atoms with E-state index in [0.717, 1.165) is 41.4 Å². The van der Waals surface area contributed by atoms with Crippen LogP contribution in [0.2, 0.25) is 0 Å². The van der Waals surface area contributed by atoms with Crippen LogP contribution in [0.1, 0.15) is 32.1 Å². The molecule has 2 aromatic heterocycles. The SMILES string of the molecule is O=C(Nc1c[nH]c2ncccc12)NC1CC2CCC(C2)C1. The van der Waals surface area contributed by atoms with E-state index in [1.54, 1.807) is 12.4 Å². The van der Waals surface area contributed by atoms with Gasteiger partial charge in [-0.05, 0) is 43.2 Å². The van der Waals surface area contributed by atoms with Gasteiger partial charge >= 0.3 is 6.03 Å². The second-order valence-electron chi connectivity index (χ2n) is 6.41. The molecule has 2 heterocycles. The number of nitrogens with zero attached hydrogens (tertiary/aromatic N) is 1. The van der Waals surface area contributed by atoms with E-state index in [9.17, 15) is 4.79 Å². The smallest absolute Gasteiger partial charge is 0.319 e. The molecule has 2 saturated carbocycles. The Labute approximate surface area is 123 Å². The summed E-state index contributed by atoms with van der Waals surface area (Å²) < 4.78 is 0. The normalized spacial score (nSPS) is 27.7. The van der Waals surface area contributed by atoms with E-state index in [1.165, 1.54) is 19.3 Å². The summed E-state index contributed by atoms with van der Waals surface area (Å²) in [6, 6.07) is 4.05. The minimum atomic E-state index is -0.106. The van der Waals surface area contributed by atoms with E-state index in [0.29, 0.717) is 6.04 Å². The molecule has 0 spiro atoms. The Morgan fingerprint density at radius 1 is 1.24 bits per heavy atom. The number of anilines is 1. The first-order valence-electron chi connectivity index (χ1n) is 7.77. The van der Waals surface area contributed by atoms with Crippen LogP contribution in [0.4, 0.5) is 10.5 Å². The first-order chi connectivity index (χ1) is 10.3. The lowest BCUT2D eigenvalue weighted by Crippen LogP contribution is -2.41. The van der Waals surface area contributed by atoms with Gasteiger partial charge in [-0.25, -0.2) is 9.78 Å². The lowest BCUT2D eigenvalue weighted by molar-refractivity contribution is 0.235. The van der Waals surface area contributed by atoms with Gasteiger partial charge in [0.1, 0.15) is 5.65 Å². The number of nitrogens with one attached hydrogen (secondary N) is 3. The summed E-state index contributed by atoms with van der Waals surface area (Å²) in [7, 11) is 0. The molecule has 3 N–H and O–H groups in total. The van der Waals surface area contributed by atoms with Crippen molar-refractivity contribution in [2.45, 2.75) is 38.1 Å². The second-order valence-corrected chi connectivity index (χ2v) is 6.41. The van der Waals surface area contributed by atoms with Crippen LogP contribution in [0, 0.1) is 11.8 Å². The average molecular weight is 284 g/mol. The van der Waals surface area contributed by atoms with Gasteiger partial charge in [0.25, 0.3) is 0 Å². The number of aromatic nitrogens is 2. The van der Waals surface area contributed by atoms with Crippen LogP contribution in [0.3, 0.4) is 0 Å². The van der Waals surface area contributed by atoms with E-state index in [-0.39, 0.29) is 6.03 Å². The molecule has 21 heavy (non-hydrogen) atoms. The predicted molar refractivity (Wildman–Crippen MR) is 82.1 cm³/mol. The number of hydrogen-bond acceptors (Lipinski definition) is 2. The van der Waals surface area contributed by atoms with Gasteiger partial charge in [0.2, 0.25) is 0 Å². The Hall–Kier alpha value is -2.04. The average Bonchev–Trinajstić information content (AvgIpc) is 3.03. The molecule has 2 aliphatic rings. The lowest BCUT2D eigenvalue weighted by Gasteiger charge is -2.28. The minimum absolute atomic E-state index is 0.106. The quantitative estimate of drug-likeness (QED) is 0.792. The molecule has 0 aliphatic heterocycles. The first-order valence-corrected chi connectivity index (χ1v) is 7.77. The number of amides is 2. The maximum atomic E-state index is 12.2. The standard InChI is InChI=1S/C16H20N4O/c21-16(19-12-7-10-3-4-11(6-10)8-12)20-14-9-18-15-13(14)2-1-5-17-15/h1-2,5,9-12H,3-4,6-8H2,(H,17,18)(H2,19,20,21). The molecule has 0 radical (unpaired) electrons. The van der Waals surface area contributed by atoms with Gasteiger partial charge in [-0.15, -0.1) is 0 Å². The van der Waals surface area contributed by atoms with Gasteiger partial charge in [-0.3, -0.25) is 0 Å². The fourth-order valence-electron chi connectivity index (χ4n) is 4.03. The van der Waals surface area contributed by atoms with Crippen molar-refractivity contribution in [1.82, 2.24) is 15.3 Å². The van der Waals surface area contributed by atoms with Gasteiger partial charge in [0.15, 0.2) is 0 Å². The number of rotatable bonds is 2. The molecule has 0 aromatic carbocycles. The van der Waals surface area contributed by atoms with Crippen LogP contribution in [0.25, 0.3) is 11.0 Å². The summed E-state index contributed by atoms with van der Waals surface area (Å²) in [5.41, 5.74) is 1.58. The number of hydrogen-bond donors (Lipinski definition) is 3. The van der Waals surface area contributed by atoms with Crippen molar-refractivity contribution >= 4 is 22.8 Å². The van der Waals surface area contributed by atoms with Crippen LogP contribution >= 0.6 is 0 Å². The topological polar surface area (TPSA) is 69.8 Å². The molecule has 2 fully saturated rings. The maximum Gasteiger partial charge on any atom is 0.319 e. The van der Waals surface area contributed by atoms with Crippen LogP contribution < -0.4 is 10.6 Å². The molecule has 5 nitrogen and oxygen atoms in total. The van der Waals surface area contributed by atoms with Crippen molar-refractivity contribution < 1.29 is 4.79 Å². The molecular formula is C16H20N4O. The highest BCUT2D eigenvalue weighted by Gasteiger charge is 2.34. The first kappa shape index (κ1) is 12.7. The van der Waals surface area contributed by atoms with Crippen LogP contribution in [0.5, 0.6) is 0 Å². The van der Waals surface area contributed by atoms with Gasteiger partial charge in [-0.2, -0.15) is 0 Å². The Balaban J connectivity index is 1.42. The molecule has 2 amide bonds. The number of carbonyl (C=O) groups is 1. The van der Waals surface area contributed by atoms with Gasteiger partial charge in [0.05, 0.1) is 5.69 Å². The van der Waals surface area contributed by atoms with Crippen molar-refractivity contribution in [2.75, 3.05) is 5.32 Å². The van der Waals surface area contributed by atoms with Crippen LogP contribution in [-0.2, 0) is 0 Å². The highest BCUT2D eigenvalue weighted by Crippen LogP contribution is 2.41. The summed E-state index contributed by atoms with van der Waals surface area (Å²) >= 11 is 0. The molecule has 5 heteroatoms. The zero-order valence-electron chi connectivity index (χ0n) is 11.9. The van der Waals surface area contributed by atoms with Gasteiger partial charge < -0.3 is 15.6 Å². The molecule has 2 aliphatic carbocycles. The van der Waals surface area contributed by atoms with E-state index >= 15 is 0 Å². The van der Waals surface area contributed by atoms with Gasteiger partial charge in [0, 0.05) is 23.8 Å². The van der Waals surface area contributed by atoms with Crippen molar-refractivity contribution in [1.29, 1.82) is 0 Å². The lowest BCUT2D eigenvalue weighted by atomic mass is 9.85. The molecule has 2 aromatic rings. The largest absolute Gasteiger partial charge is 0.344 e. The third kappa shape index (κ3) is 2.48. The van der Waals surface area contributed by atoms with Crippen molar-refractivity contribution in [2.24, 2.45) is 11.8 Å². The fraction of sp³-hybridized carbons (Fsp3) is 0.500. The van der Waals surface area contributed by atoms with Crippen molar-refractivity contribution in [3.05, 3.63) is 24.5 Å². The van der Waals surface area contributed by atoms with Gasteiger partial charge in [-0.1, -0.05) is 12.8 Å². The number of urea groups is 1. The number of H-pyrrole nitrogens is 1. The molecule has 0 saturated heterocycles. The molecule has 110 valence electrons. The third-order valence-corrected chi connectivity index (χ3v) is 4.92. The summed E-state index contributed by atoms with van der Waals surface area (Å²) in [6.07, 6.45) is 9.87. The fourth-order valence-corrected chi connectivity index (χ4v) is 4.03. The highest BCUT2D eigenvalue weighted by atomic mass is 16.2. The van der Waals surface area contributed by atoms with Crippen molar-refractivity contribution in [3.63, 3.8) is 0 Å². The van der Waals surface area contributed by atoms with Crippen LogP contribution in [-0.4, -0.2) is 22.0 Å². The van der Waals surface area contributed by atoms with Crippen LogP contribution in [0.15, 0.2) is 24.5 Å². The Morgan fingerprint density at radius 3 is 2.86 bits per heavy atom. The van der Waals surface area contributed by atoms with E-state index < -0.39 is 0 Å². The zero-order chi connectivity index (χ0) is 14.2. The number of carbonyl (C=O) groups excluding carboxylic acids is 1. The molecule has 2 atom stereocenters. The summed E-state index contributed by atoms with van der Waals surface area (Å²) in [6.45, 7) is 0. The third-order valence-electron chi connectivity index (χ3n) is 4.92. The highest BCUT2D eigenvalue weighted by molar-refractivity contribution is 5.99.